The summed E-state index contributed by atoms with van der Waals surface area (Å²) in [6, 6.07) is 44.8. The zero-order valence-electron chi connectivity index (χ0n) is 29.0. The van der Waals surface area contributed by atoms with E-state index in [9.17, 15) is 0 Å². The lowest BCUT2D eigenvalue weighted by molar-refractivity contribution is 0.360. The molecule has 0 unspecified atom stereocenters. The first-order valence-corrected chi connectivity index (χ1v) is 18.4. The van der Waals surface area contributed by atoms with Crippen LogP contribution in [0, 0.1) is 5.92 Å². The topological polar surface area (TPSA) is 17.3 Å². The molecule has 2 nitrogen and oxygen atoms in total. The molecule has 2 heteroatoms. The van der Waals surface area contributed by atoms with E-state index < -0.39 is 0 Å². The van der Waals surface area contributed by atoms with Gasteiger partial charge in [0.25, 0.3) is 0 Å². The van der Waals surface area contributed by atoms with Gasteiger partial charge in [-0.2, -0.15) is 0 Å². The minimum atomic E-state index is 0.702. The number of para-hydroxylation sites is 1. The molecule has 7 aromatic rings. The van der Waals surface area contributed by atoms with Crippen LogP contribution in [0.5, 0.6) is 0 Å². The number of fused-ring (bicyclic) bond motifs is 5. The number of hydrogen-bond acceptors (Lipinski definition) is 1. The van der Waals surface area contributed by atoms with Gasteiger partial charge in [0.1, 0.15) is 0 Å². The summed E-state index contributed by atoms with van der Waals surface area (Å²) in [6.07, 6.45) is 14.1. The Morgan fingerprint density at radius 2 is 1.48 bits per heavy atom. The predicted octanol–water partition coefficient (Wildman–Crippen LogP) is 13.3. The van der Waals surface area contributed by atoms with E-state index in [0.29, 0.717) is 5.92 Å². The van der Waals surface area contributed by atoms with Gasteiger partial charge in [-0.1, -0.05) is 134 Å². The molecule has 1 heterocycles. The van der Waals surface area contributed by atoms with Gasteiger partial charge < -0.3 is 4.57 Å². The van der Waals surface area contributed by atoms with Crippen molar-refractivity contribution in [2.75, 3.05) is 0 Å². The van der Waals surface area contributed by atoms with Crippen molar-refractivity contribution in [2.24, 2.45) is 10.9 Å². The predicted molar refractivity (Wildman–Crippen MR) is 215 cm³/mol. The monoisotopic (exact) mass is 646 g/mol. The van der Waals surface area contributed by atoms with E-state index in [0.717, 1.165) is 36.2 Å². The molecule has 0 radical (unpaired) electrons. The van der Waals surface area contributed by atoms with Crippen LogP contribution in [0.25, 0.3) is 60.3 Å². The van der Waals surface area contributed by atoms with Crippen molar-refractivity contribution in [2.45, 2.75) is 52.4 Å². The molecule has 6 aromatic carbocycles. The normalized spacial score (nSPS) is 15.9. The van der Waals surface area contributed by atoms with Gasteiger partial charge in [-0.15, -0.1) is 0 Å². The molecule has 0 atom stereocenters. The fourth-order valence-electron chi connectivity index (χ4n) is 8.39. The van der Waals surface area contributed by atoms with E-state index >= 15 is 0 Å². The molecule has 1 fully saturated rings. The summed E-state index contributed by atoms with van der Waals surface area (Å²) in [5, 5.41) is 7.60. The van der Waals surface area contributed by atoms with Crippen LogP contribution in [0.2, 0.25) is 0 Å². The summed E-state index contributed by atoms with van der Waals surface area (Å²) in [7, 11) is 0. The maximum atomic E-state index is 5.44. The Labute approximate surface area is 294 Å². The summed E-state index contributed by atoms with van der Waals surface area (Å²) >= 11 is 0. The number of aromatic nitrogens is 1. The highest BCUT2D eigenvalue weighted by Gasteiger charge is 2.27. The zero-order chi connectivity index (χ0) is 33.6. The molecule has 2 aliphatic carbocycles. The highest BCUT2D eigenvalue weighted by atomic mass is 15.0. The van der Waals surface area contributed by atoms with Gasteiger partial charge in [-0.25, -0.2) is 0 Å². The molecule has 2 aliphatic rings. The maximum Gasteiger partial charge on any atom is 0.0663 e. The molecular weight excluding hydrogens is 605 g/mol. The molecule has 244 valence electrons. The molecule has 1 saturated carbocycles. The lowest BCUT2D eigenvalue weighted by Gasteiger charge is -2.32. The molecule has 0 amide bonds. The van der Waals surface area contributed by atoms with E-state index in [2.05, 4.69) is 158 Å². The van der Waals surface area contributed by atoms with Crippen molar-refractivity contribution in [1.29, 1.82) is 0 Å². The summed E-state index contributed by atoms with van der Waals surface area (Å²) in [4.78, 5) is 5.44. The smallest absolute Gasteiger partial charge is 0.0663 e. The molecule has 50 heavy (non-hydrogen) atoms. The zero-order valence-corrected chi connectivity index (χ0v) is 29.0. The molecule has 9 rings (SSSR count). The first-order valence-electron chi connectivity index (χ1n) is 18.4. The second-order valence-corrected chi connectivity index (χ2v) is 13.9. The Balaban J connectivity index is 1.30. The minimum Gasteiger partial charge on any atom is -0.309 e. The molecule has 0 aliphatic heterocycles. The summed E-state index contributed by atoms with van der Waals surface area (Å²) in [5.74, 6) is 0.702. The van der Waals surface area contributed by atoms with E-state index in [1.54, 1.807) is 5.57 Å². The second kappa shape index (κ2) is 12.8. The van der Waals surface area contributed by atoms with Crippen LogP contribution in [0.15, 0.2) is 150 Å². The largest absolute Gasteiger partial charge is 0.309 e. The molecule has 0 N–H and O–H groups in total. The van der Waals surface area contributed by atoms with Gasteiger partial charge in [0.15, 0.2) is 0 Å². The van der Waals surface area contributed by atoms with Crippen LogP contribution in [-0.2, 0) is 0 Å². The summed E-state index contributed by atoms with van der Waals surface area (Å²) < 4.78 is 2.53. The van der Waals surface area contributed by atoms with Crippen molar-refractivity contribution in [1.82, 2.24) is 4.57 Å². The van der Waals surface area contributed by atoms with E-state index in [1.807, 2.05) is 0 Å². The summed E-state index contributed by atoms with van der Waals surface area (Å²) in [6.45, 7) is 4.34. The van der Waals surface area contributed by atoms with Gasteiger partial charge in [-0.3, -0.25) is 4.99 Å². The van der Waals surface area contributed by atoms with Gasteiger partial charge in [0, 0.05) is 33.2 Å². The Kier molecular flexibility index (Phi) is 7.81. The first kappa shape index (κ1) is 30.6. The molecule has 0 spiro atoms. The maximum absolute atomic E-state index is 5.44. The SMILES string of the molecule is C/C=C(/N=C(CC)c1cccc2ccccc12)c1ccc(C2=C(C3CCC3)CCC=C2)c(-n2c3ccccc3c3cc4ccccc4cc32)c1. The Bertz CT molecular complexity index is 2560. The lowest BCUT2D eigenvalue weighted by atomic mass is 9.73. The van der Waals surface area contributed by atoms with Crippen LogP contribution >= 0.6 is 0 Å². The quantitative estimate of drug-likeness (QED) is 0.153. The minimum absolute atomic E-state index is 0.702. The number of nitrogens with zero attached hydrogens (tertiary/aromatic N) is 2. The van der Waals surface area contributed by atoms with Crippen molar-refractivity contribution >= 4 is 60.3 Å². The van der Waals surface area contributed by atoms with Crippen LogP contribution in [0.1, 0.15) is 69.1 Å². The van der Waals surface area contributed by atoms with Crippen molar-refractivity contribution < 1.29 is 0 Å². The number of benzene rings is 6. The van der Waals surface area contributed by atoms with Crippen molar-refractivity contribution in [3.8, 4) is 5.69 Å². The fourth-order valence-corrected chi connectivity index (χ4v) is 8.39. The van der Waals surface area contributed by atoms with Gasteiger partial charge in [0.05, 0.1) is 22.4 Å². The average molecular weight is 647 g/mol. The van der Waals surface area contributed by atoms with E-state index in [4.69, 9.17) is 4.99 Å². The third kappa shape index (κ3) is 5.13. The molecule has 0 saturated heterocycles. The van der Waals surface area contributed by atoms with Crippen LogP contribution < -0.4 is 0 Å². The Morgan fingerprint density at radius 1 is 0.740 bits per heavy atom. The highest BCUT2D eigenvalue weighted by Crippen LogP contribution is 2.45. The number of allylic oxidation sites excluding steroid dienone is 5. The van der Waals surface area contributed by atoms with Crippen LogP contribution in [0.3, 0.4) is 0 Å². The standard InChI is InChI=1S/C48H42N2/c1-3-44(49-45(4-2)40-25-14-20-32-15-7-8-22-38(32)40)36-27-28-42(39-23-10-9-21-37(39)33-18-13-19-33)47(31-36)50-46-26-12-11-24-41(46)43-29-34-16-5-6-17-35(34)30-48(43)50/h3,5-8,10-12,14-17,20,22-31,33H,4,9,13,18-19,21H2,1-2H3/b44-3+,49-45?. The lowest BCUT2D eigenvalue weighted by Crippen LogP contribution is -2.16. The van der Waals surface area contributed by atoms with E-state index in [1.165, 1.54) is 85.0 Å². The number of rotatable bonds is 7. The van der Waals surface area contributed by atoms with E-state index in [-0.39, 0.29) is 0 Å². The highest BCUT2D eigenvalue weighted by molar-refractivity contribution is 6.14. The second-order valence-electron chi connectivity index (χ2n) is 13.9. The molecule has 0 bridgehead atoms. The third-order valence-corrected chi connectivity index (χ3v) is 11.1. The molecule has 1 aromatic heterocycles. The first-order chi connectivity index (χ1) is 24.7. The van der Waals surface area contributed by atoms with Gasteiger partial charge in [0.2, 0.25) is 0 Å². The van der Waals surface area contributed by atoms with Crippen LogP contribution in [-0.4, -0.2) is 10.3 Å². The number of aliphatic imine (C=N–C) groups is 1. The van der Waals surface area contributed by atoms with Crippen molar-refractivity contribution in [3.63, 3.8) is 0 Å². The van der Waals surface area contributed by atoms with Gasteiger partial charge in [-0.05, 0) is 96.3 Å². The van der Waals surface area contributed by atoms with Crippen molar-refractivity contribution in [3.05, 3.63) is 162 Å². The van der Waals surface area contributed by atoms with Gasteiger partial charge >= 0.3 is 0 Å². The number of hydrogen-bond donors (Lipinski definition) is 0. The van der Waals surface area contributed by atoms with Crippen LogP contribution in [0.4, 0.5) is 0 Å². The Hall–Kier alpha value is -5.47. The third-order valence-electron chi connectivity index (χ3n) is 11.1. The summed E-state index contributed by atoms with van der Waals surface area (Å²) in [5.41, 5.74) is 12.5. The Morgan fingerprint density at radius 3 is 2.26 bits per heavy atom. The molecular formula is C48H42N2. The fraction of sp³-hybridized carbons (Fsp3) is 0.188. The average Bonchev–Trinajstić information content (AvgIpc) is 3.46.